The summed E-state index contributed by atoms with van der Waals surface area (Å²) in [6, 6.07) is 5.31. The second-order valence-corrected chi connectivity index (χ2v) is 6.11. The van der Waals surface area contributed by atoms with Gasteiger partial charge >= 0.3 is 5.76 Å². The summed E-state index contributed by atoms with van der Waals surface area (Å²) < 4.78 is 47.3. The molecule has 0 amide bonds. The largest absolute Gasteiger partial charge is 0.395 e. The van der Waals surface area contributed by atoms with E-state index in [1.165, 1.54) is 24.3 Å². The second kappa shape index (κ2) is 7.47. The Morgan fingerprint density at radius 3 is 2.35 bits per heavy atom. The number of alkyl halides is 2. The standard InChI is InChI=1S/C13H17F2NO3S/c1-2-7-16(8-9-17)10-11-3-5-12(6-4-11)20(18,19)13(14)15/h2-6,13,17H,1,7-10H2. The summed E-state index contributed by atoms with van der Waals surface area (Å²) in [5.74, 6) is -3.42. The van der Waals surface area contributed by atoms with Gasteiger partial charge in [-0.1, -0.05) is 18.2 Å². The summed E-state index contributed by atoms with van der Waals surface area (Å²) in [4.78, 5) is 1.50. The Morgan fingerprint density at radius 1 is 1.30 bits per heavy atom. The quantitative estimate of drug-likeness (QED) is 0.742. The molecule has 0 saturated heterocycles. The van der Waals surface area contributed by atoms with E-state index in [9.17, 15) is 17.2 Å². The van der Waals surface area contributed by atoms with Crippen LogP contribution in [0.5, 0.6) is 0 Å². The van der Waals surface area contributed by atoms with Crippen LogP contribution in [0.15, 0.2) is 41.8 Å². The third-order valence-corrected chi connectivity index (χ3v) is 4.09. The highest BCUT2D eigenvalue weighted by atomic mass is 32.2. The maximum absolute atomic E-state index is 12.4. The summed E-state index contributed by atoms with van der Waals surface area (Å²) >= 11 is 0. The monoisotopic (exact) mass is 305 g/mol. The van der Waals surface area contributed by atoms with Crippen molar-refractivity contribution < 1.29 is 22.3 Å². The van der Waals surface area contributed by atoms with Crippen molar-refractivity contribution in [2.24, 2.45) is 0 Å². The van der Waals surface area contributed by atoms with Crippen LogP contribution in [0, 0.1) is 0 Å². The Morgan fingerprint density at radius 2 is 1.90 bits per heavy atom. The lowest BCUT2D eigenvalue weighted by Crippen LogP contribution is -2.26. The average molecular weight is 305 g/mol. The van der Waals surface area contributed by atoms with Crippen molar-refractivity contribution in [2.75, 3.05) is 19.7 Å². The van der Waals surface area contributed by atoms with Crippen molar-refractivity contribution in [3.05, 3.63) is 42.5 Å². The van der Waals surface area contributed by atoms with Crippen LogP contribution in [0.4, 0.5) is 8.78 Å². The van der Waals surface area contributed by atoms with Crippen LogP contribution in [0.25, 0.3) is 0 Å². The molecule has 0 aliphatic carbocycles. The van der Waals surface area contributed by atoms with Crippen molar-refractivity contribution in [2.45, 2.75) is 17.2 Å². The first kappa shape index (κ1) is 16.7. The van der Waals surface area contributed by atoms with Crippen LogP contribution in [-0.4, -0.2) is 43.9 Å². The SMILES string of the molecule is C=CCN(CCO)Cc1ccc(S(=O)(=O)C(F)F)cc1. The zero-order valence-electron chi connectivity index (χ0n) is 10.9. The minimum atomic E-state index is -4.55. The molecule has 4 nitrogen and oxygen atoms in total. The van der Waals surface area contributed by atoms with Gasteiger partial charge in [0.1, 0.15) is 0 Å². The molecule has 0 fully saturated rings. The van der Waals surface area contributed by atoms with Gasteiger partial charge in [0, 0.05) is 19.6 Å². The minimum absolute atomic E-state index is 0.00825. The molecule has 0 saturated carbocycles. The molecule has 1 N–H and O–H groups in total. The molecular weight excluding hydrogens is 288 g/mol. The number of hydrogen-bond acceptors (Lipinski definition) is 4. The van der Waals surface area contributed by atoms with Crippen LogP contribution in [0.3, 0.4) is 0 Å². The number of sulfone groups is 1. The summed E-state index contributed by atoms with van der Waals surface area (Å²) in [5, 5.41) is 8.91. The number of hydrogen-bond donors (Lipinski definition) is 1. The fourth-order valence-corrected chi connectivity index (χ4v) is 2.43. The zero-order chi connectivity index (χ0) is 15.2. The lowest BCUT2D eigenvalue weighted by Gasteiger charge is -2.19. The molecule has 0 heterocycles. The Hall–Kier alpha value is -1.31. The molecule has 0 aromatic heterocycles. The molecule has 0 radical (unpaired) electrons. The number of aliphatic hydroxyl groups excluding tert-OH is 1. The van der Waals surface area contributed by atoms with Crippen molar-refractivity contribution in [3.63, 3.8) is 0 Å². The smallest absolute Gasteiger partial charge is 0.341 e. The molecule has 1 rings (SSSR count). The van der Waals surface area contributed by atoms with Crippen LogP contribution in [-0.2, 0) is 16.4 Å². The zero-order valence-corrected chi connectivity index (χ0v) is 11.7. The van der Waals surface area contributed by atoms with E-state index in [0.717, 1.165) is 5.56 Å². The van der Waals surface area contributed by atoms with E-state index in [0.29, 0.717) is 19.6 Å². The van der Waals surface area contributed by atoms with Gasteiger partial charge < -0.3 is 5.11 Å². The number of rotatable bonds is 8. The maximum Gasteiger partial charge on any atom is 0.341 e. The van der Waals surface area contributed by atoms with E-state index >= 15 is 0 Å². The highest BCUT2D eigenvalue weighted by molar-refractivity contribution is 7.91. The van der Waals surface area contributed by atoms with Crippen molar-refractivity contribution in [1.29, 1.82) is 0 Å². The molecule has 0 atom stereocenters. The highest BCUT2D eigenvalue weighted by Crippen LogP contribution is 2.19. The van der Waals surface area contributed by atoms with Gasteiger partial charge in [-0.25, -0.2) is 8.42 Å². The Balaban J connectivity index is 2.83. The van der Waals surface area contributed by atoms with Crippen LogP contribution < -0.4 is 0 Å². The second-order valence-electron chi connectivity index (χ2n) is 4.20. The molecular formula is C13H17F2NO3S. The Kier molecular flexibility index (Phi) is 6.25. The topological polar surface area (TPSA) is 57.6 Å². The summed E-state index contributed by atoms with van der Waals surface area (Å²) in [6.07, 6.45) is 1.69. The van der Waals surface area contributed by atoms with Gasteiger partial charge in [-0.2, -0.15) is 8.78 Å². The highest BCUT2D eigenvalue weighted by Gasteiger charge is 2.26. The van der Waals surface area contributed by atoms with E-state index < -0.39 is 20.5 Å². The van der Waals surface area contributed by atoms with Gasteiger partial charge in [-0.15, -0.1) is 6.58 Å². The summed E-state index contributed by atoms with van der Waals surface area (Å²) in [7, 11) is -4.55. The van der Waals surface area contributed by atoms with Crippen molar-refractivity contribution in [3.8, 4) is 0 Å². The van der Waals surface area contributed by atoms with Gasteiger partial charge in [0.15, 0.2) is 0 Å². The lowest BCUT2D eigenvalue weighted by atomic mass is 10.2. The summed E-state index contributed by atoms with van der Waals surface area (Å²) in [6.45, 7) is 5.08. The molecule has 20 heavy (non-hydrogen) atoms. The lowest BCUT2D eigenvalue weighted by molar-refractivity contribution is 0.203. The number of nitrogens with zero attached hydrogens (tertiary/aromatic N) is 1. The average Bonchev–Trinajstić information content (AvgIpc) is 2.39. The van der Waals surface area contributed by atoms with E-state index in [1.54, 1.807) is 6.08 Å². The molecule has 0 aliphatic heterocycles. The van der Waals surface area contributed by atoms with E-state index in [1.807, 2.05) is 4.90 Å². The normalized spacial score (nSPS) is 12.1. The van der Waals surface area contributed by atoms with E-state index in [-0.39, 0.29) is 6.61 Å². The van der Waals surface area contributed by atoms with Crippen LogP contribution >= 0.6 is 0 Å². The molecule has 112 valence electrons. The molecule has 0 spiro atoms. The maximum atomic E-state index is 12.4. The van der Waals surface area contributed by atoms with Gasteiger partial charge in [-0.05, 0) is 17.7 Å². The predicted octanol–water partition coefficient (Wildman–Crippen LogP) is 1.66. The first-order chi connectivity index (χ1) is 9.41. The van der Waals surface area contributed by atoms with Gasteiger partial charge in [0.25, 0.3) is 0 Å². The minimum Gasteiger partial charge on any atom is -0.395 e. The fraction of sp³-hybridized carbons (Fsp3) is 0.385. The number of halogens is 2. The van der Waals surface area contributed by atoms with Gasteiger partial charge in [0.05, 0.1) is 11.5 Å². The van der Waals surface area contributed by atoms with Gasteiger partial charge in [-0.3, -0.25) is 4.90 Å². The van der Waals surface area contributed by atoms with Crippen LogP contribution in [0.1, 0.15) is 5.56 Å². The molecule has 0 aliphatic rings. The molecule has 0 bridgehead atoms. The molecule has 0 unspecified atom stereocenters. The third kappa shape index (κ3) is 4.36. The number of benzene rings is 1. The van der Waals surface area contributed by atoms with Crippen molar-refractivity contribution in [1.82, 2.24) is 4.90 Å². The first-order valence-corrected chi connectivity index (χ1v) is 7.51. The predicted molar refractivity (Wildman–Crippen MR) is 72.2 cm³/mol. The van der Waals surface area contributed by atoms with Gasteiger partial charge in [0.2, 0.25) is 9.84 Å². The van der Waals surface area contributed by atoms with E-state index in [4.69, 9.17) is 5.11 Å². The third-order valence-electron chi connectivity index (χ3n) is 2.70. The summed E-state index contributed by atoms with van der Waals surface area (Å²) in [5.41, 5.74) is 0.772. The van der Waals surface area contributed by atoms with E-state index in [2.05, 4.69) is 6.58 Å². The Labute approximate surface area is 117 Å². The molecule has 1 aromatic carbocycles. The van der Waals surface area contributed by atoms with Crippen LogP contribution in [0.2, 0.25) is 0 Å². The Bertz CT molecular complexity index is 529. The van der Waals surface area contributed by atoms with Crippen molar-refractivity contribution >= 4 is 9.84 Å². The molecule has 1 aromatic rings. The first-order valence-electron chi connectivity index (χ1n) is 5.97. The molecule has 7 heteroatoms. The fourth-order valence-electron chi connectivity index (χ4n) is 1.70. The number of aliphatic hydroxyl groups is 1.